The molecule has 218 valence electrons. The summed E-state index contributed by atoms with van der Waals surface area (Å²) in [6.45, 7) is 5.67. The molecule has 9 nitrogen and oxygen atoms in total. The Morgan fingerprint density at radius 1 is 0.976 bits per heavy atom. The number of carboxylic acid groups (broad SMARTS) is 1. The molecule has 3 aromatic carbocycles. The summed E-state index contributed by atoms with van der Waals surface area (Å²) in [5.74, 6) is -0.686. The summed E-state index contributed by atoms with van der Waals surface area (Å²) in [6, 6.07) is 22.9. The monoisotopic (exact) mass is 567 g/mol. The second-order valence-corrected chi connectivity index (χ2v) is 11.6. The molecule has 2 atom stereocenters. The van der Waals surface area contributed by atoms with Gasteiger partial charge in [0, 0.05) is 47.1 Å². The zero-order chi connectivity index (χ0) is 30.0. The van der Waals surface area contributed by atoms with E-state index >= 15 is 0 Å². The fourth-order valence-electron chi connectivity index (χ4n) is 5.69. The van der Waals surface area contributed by atoms with Crippen molar-refractivity contribution >= 4 is 40.2 Å². The molecule has 4 aromatic rings. The fourth-order valence-corrected chi connectivity index (χ4v) is 5.69. The van der Waals surface area contributed by atoms with Gasteiger partial charge in [-0.15, -0.1) is 0 Å². The number of aromatic nitrogens is 1. The van der Waals surface area contributed by atoms with Crippen molar-refractivity contribution in [2.75, 3.05) is 24.2 Å². The molecule has 0 spiro atoms. The number of hydrogen-bond acceptors (Lipinski definition) is 4. The molecule has 0 saturated carbocycles. The standard InChI is InChI=1S/C33H37N5O4/c1-33(2,3)38(32(41)42)29(22-9-6-5-7-10-22)31(40)37-18-8-11-28(37)30(39)35-25-16-17-26-23(19-25)20-27(36-26)21-12-14-24(34-4)15-13-21/h5-7,9-10,12-17,19-20,28-29,34,36H,8,11,18H2,1-4H3,(H,35,39)(H,41,42)/t28-,29+/m0/s1. The molecular weight excluding hydrogens is 530 g/mol. The van der Waals surface area contributed by atoms with Gasteiger partial charge in [-0.3, -0.25) is 14.5 Å². The van der Waals surface area contributed by atoms with Crippen molar-refractivity contribution < 1.29 is 19.5 Å². The maximum Gasteiger partial charge on any atom is 0.408 e. The first-order valence-electron chi connectivity index (χ1n) is 14.2. The summed E-state index contributed by atoms with van der Waals surface area (Å²) < 4.78 is 0. The van der Waals surface area contributed by atoms with Crippen LogP contribution < -0.4 is 10.6 Å². The van der Waals surface area contributed by atoms with E-state index in [-0.39, 0.29) is 5.91 Å². The number of H-pyrrole nitrogens is 1. The van der Waals surface area contributed by atoms with Crippen LogP contribution in [0.4, 0.5) is 16.2 Å². The molecule has 1 aliphatic heterocycles. The quantitative estimate of drug-likeness (QED) is 0.208. The number of aromatic amines is 1. The summed E-state index contributed by atoms with van der Waals surface area (Å²) in [6.07, 6.45) is -0.0385. The maximum atomic E-state index is 14.1. The Labute approximate surface area is 245 Å². The highest BCUT2D eigenvalue weighted by atomic mass is 16.4. The zero-order valence-corrected chi connectivity index (χ0v) is 24.3. The number of nitrogens with one attached hydrogen (secondary N) is 3. The van der Waals surface area contributed by atoms with Crippen LogP contribution in [0.2, 0.25) is 0 Å². The van der Waals surface area contributed by atoms with Crippen molar-refractivity contribution in [1.82, 2.24) is 14.8 Å². The van der Waals surface area contributed by atoms with E-state index in [9.17, 15) is 19.5 Å². The fraction of sp³-hybridized carbons (Fsp3) is 0.303. The van der Waals surface area contributed by atoms with Crippen LogP contribution in [-0.4, -0.2) is 63.0 Å². The van der Waals surface area contributed by atoms with Crippen LogP contribution in [0, 0.1) is 0 Å². The zero-order valence-electron chi connectivity index (χ0n) is 24.3. The lowest BCUT2D eigenvalue weighted by Crippen LogP contribution is -2.54. The van der Waals surface area contributed by atoms with E-state index in [0.29, 0.717) is 30.6 Å². The molecule has 9 heteroatoms. The van der Waals surface area contributed by atoms with Gasteiger partial charge in [-0.05, 0) is 81.1 Å². The highest BCUT2D eigenvalue weighted by Crippen LogP contribution is 2.33. The number of rotatable bonds is 7. The molecule has 0 unspecified atom stereocenters. The van der Waals surface area contributed by atoms with E-state index in [0.717, 1.165) is 27.8 Å². The van der Waals surface area contributed by atoms with Crippen LogP contribution in [0.1, 0.15) is 45.2 Å². The first-order valence-corrected chi connectivity index (χ1v) is 14.2. The van der Waals surface area contributed by atoms with E-state index < -0.39 is 29.6 Å². The minimum absolute atomic E-state index is 0.289. The Morgan fingerprint density at radius 3 is 2.31 bits per heavy atom. The number of nitrogens with zero attached hydrogens (tertiary/aromatic N) is 2. The Morgan fingerprint density at radius 2 is 1.67 bits per heavy atom. The number of carbonyl (C=O) groups excluding carboxylic acids is 2. The van der Waals surface area contributed by atoms with E-state index in [1.165, 1.54) is 9.80 Å². The first kappa shape index (κ1) is 28.7. The molecule has 0 bridgehead atoms. The molecule has 0 aliphatic carbocycles. The third-order valence-electron chi connectivity index (χ3n) is 7.75. The topological polar surface area (TPSA) is 118 Å². The van der Waals surface area contributed by atoms with Gasteiger partial charge in [0.1, 0.15) is 12.1 Å². The van der Waals surface area contributed by atoms with Gasteiger partial charge in [0.25, 0.3) is 5.91 Å². The van der Waals surface area contributed by atoms with Crippen molar-refractivity contribution in [3.05, 3.63) is 84.4 Å². The molecule has 1 fully saturated rings. The second-order valence-electron chi connectivity index (χ2n) is 11.6. The number of benzene rings is 3. The molecule has 3 amide bonds. The first-order chi connectivity index (χ1) is 20.1. The number of anilines is 2. The Bertz CT molecular complexity index is 1590. The predicted molar refractivity (Wildman–Crippen MR) is 165 cm³/mol. The smallest absolute Gasteiger partial charge is 0.408 e. The summed E-state index contributed by atoms with van der Waals surface area (Å²) in [5, 5.41) is 17.2. The molecule has 2 heterocycles. The van der Waals surface area contributed by atoms with E-state index in [1.807, 2.05) is 61.6 Å². The van der Waals surface area contributed by atoms with Crippen molar-refractivity contribution in [2.45, 2.75) is 51.2 Å². The predicted octanol–water partition coefficient (Wildman–Crippen LogP) is 6.33. The highest BCUT2D eigenvalue weighted by Gasteiger charge is 2.44. The average Bonchev–Trinajstić information content (AvgIpc) is 3.63. The minimum Gasteiger partial charge on any atom is -0.465 e. The van der Waals surface area contributed by atoms with Crippen molar-refractivity contribution in [2.24, 2.45) is 0 Å². The number of amides is 3. The molecule has 0 radical (unpaired) electrons. The van der Waals surface area contributed by atoms with Crippen molar-refractivity contribution in [3.8, 4) is 11.3 Å². The lowest BCUT2D eigenvalue weighted by molar-refractivity contribution is -0.142. The van der Waals surface area contributed by atoms with Crippen LogP contribution in [0.25, 0.3) is 22.2 Å². The van der Waals surface area contributed by atoms with Gasteiger partial charge in [0.05, 0.1) is 0 Å². The molecule has 42 heavy (non-hydrogen) atoms. The van der Waals surface area contributed by atoms with Gasteiger partial charge in [-0.2, -0.15) is 0 Å². The average molecular weight is 568 g/mol. The third kappa shape index (κ3) is 5.81. The molecule has 4 N–H and O–H groups in total. The van der Waals surface area contributed by atoms with Crippen molar-refractivity contribution in [3.63, 3.8) is 0 Å². The molecule has 1 aliphatic rings. The van der Waals surface area contributed by atoms with Crippen molar-refractivity contribution in [1.29, 1.82) is 0 Å². The van der Waals surface area contributed by atoms with Gasteiger partial charge in [-0.1, -0.05) is 42.5 Å². The minimum atomic E-state index is -1.19. The van der Waals surface area contributed by atoms with Crippen LogP contribution in [0.3, 0.4) is 0 Å². The van der Waals surface area contributed by atoms with E-state index in [1.54, 1.807) is 45.0 Å². The highest BCUT2D eigenvalue weighted by molar-refractivity contribution is 6.00. The normalized spacial score (nSPS) is 15.8. The van der Waals surface area contributed by atoms with Crippen LogP contribution in [0.5, 0.6) is 0 Å². The largest absolute Gasteiger partial charge is 0.465 e. The second kappa shape index (κ2) is 11.6. The molecule has 1 saturated heterocycles. The summed E-state index contributed by atoms with van der Waals surface area (Å²) in [5.41, 5.74) is 4.35. The van der Waals surface area contributed by atoms with Crippen LogP contribution >= 0.6 is 0 Å². The summed E-state index contributed by atoms with van der Waals surface area (Å²) in [4.78, 5) is 46.2. The summed E-state index contributed by atoms with van der Waals surface area (Å²) in [7, 11) is 1.88. The SMILES string of the molecule is CNc1ccc(-c2cc3cc(NC(=O)[C@@H]4CCCN4C(=O)[C@@H](c4ccccc4)N(C(=O)O)C(C)(C)C)ccc3[nH]2)cc1. The van der Waals surface area contributed by atoms with Gasteiger partial charge >= 0.3 is 6.09 Å². The Balaban J connectivity index is 1.37. The number of hydrogen-bond donors (Lipinski definition) is 4. The lowest BCUT2D eigenvalue weighted by Gasteiger charge is -2.41. The summed E-state index contributed by atoms with van der Waals surface area (Å²) >= 11 is 0. The van der Waals surface area contributed by atoms with Crippen LogP contribution in [0.15, 0.2) is 78.9 Å². The van der Waals surface area contributed by atoms with Gasteiger partial charge < -0.3 is 25.6 Å². The number of carbonyl (C=O) groups is 3. The molecular formula is C33H37N5O4. The molecule has 1 aromatic heterocycles. The van der Waals surface area contributed by atoms with Gasteiger partial charge in [0.2, 0.25) is 5.91 Å². The number of fused-ring (bicyclic) bond motifs is 1. The Hall–Kier alpha value is -4.79. The van der Waals surface area contributed by atoms with Gasteiger partial charge in [0.15, 0.2) is 0 Å². The molecule has 5 rings (SSSR count). The lowest BCUT2D eigenvalue weighted by atomic mass is 9.97. The van der Waals surface area contributed by atoms with E-state index in [2.05, 4.69) is 15.6 Å². The Kier molecular flexibility index (Phi) is 7.93. The number of likely N-dealkylation sites (tertiary alicyclic amines) is 1. The maximum absolute atomic E-state index is 14.1. The third-order valence-corrected chi connectivity index (χ3v) is 7.75. The van der Waals surface area contributed by atoms with Crippen LogP contribution in [-0.2, 0) is 9.59 Å². The van der Waals surface area contributed by atoms with Gasteiger partial charge in [-0.25, -0.2) is 4.79 Å². The van der Waals surface area contributed by atoms with E-state index in [4.69, 9.17) is 0 Å².